The van der Waals surface area contributed by atoms with Crippen molar-refractivity contribution in [1.29, 1.82) is 0 Å². The molecule has 3 N–H and O–H groups in total. The maximum atomic E-state index is 13.2. The van der Waals surface area contributed by atoms with E-state index in [-0.39, 0.29) is 11.6 Å². The molecular formula is C24H37N3O+2. The molecule has 5 fully saturated rings. The van der Waals surface area contributed by atoms with Crippen molar-refractivity contribution in [3.63, 3.8) is 0 Å². The van der Waals surface area contributed by atoms with Crippen molar-refractivity contribution < 1.29 is 14.6 Å². The summed E-state index contributed by atoms with van der Waals surface area (Å²) >= 11 is 0. The lowest BCUT2D eigenvalue weighted by atomic mass is 9.53. The van der Waals surface area contributed by atoms with Crippen LogP contribution in [0.25, 0.3) is 0 Å². The maximum absolute atomic E-state index is 13.2. The fraction of sp³-hybridized carbons (Fsp3) is 0.708. The molecule has 152 valence electrons. The van der Waals surface area contributed by atoms with Gasteiger partial charge in [0, 0.05) is 11.1 Å². The molecule has 4 aliphatic carbocycles. The first-order chi connectivity index (χ1) is 13.6. The van der Waals surface area contributed by atoms with Crippen LogP contribution in [0.15, 0.2) is 30.3 Å². The number of nitrogens with one attached hydrogen (secondary N) is 3. The predicted molar refractivity (Wildman–Crippen MR) is 110 cm³/mol. The largest absolute Gasteiger partial charge is 0.345 e. The normalized spacial score (nSPS) is 40.2. The smallest absolute Gasteiger partial charge is 0.278 e. The second kappa shape index (κ2) is 7.46. The van der Waals surface area contributed by atoms with Crippen molar-refractivity contribution in [2.45, 2.75) is 63.6 Å². The molecule has 0 unspecified atom stereocenters. The molecular weight excluding hydrogens is 346 g/mol. The number of benzene rings is 1. The number of carbonyl (C=O) groups is 1. The van der Waals surface area contributed by atoms with Crippen LogP contribution in [0.2, 0.25) is 0 Å². The average Bonchev–Trinajstić information content (AvgIpc) is 2.67. The number of hydrogen-bond donors (Lipinski definition) is 3. The van der Waals surface area contributed by atoms with Crippen LogP contribution in [0.5, 0.6) is 0 Å². The Bertz CT molecular complexity index is 660. The van der Waals surface area contributed by atoms with E-state index in [4.69, 9.17) is 0 Å². The molecule has 0 spiro atoms. The Hall–Kier alpha value is -1.39. The molecule has 4 heteroatoms. The fourth-order valence-corrected chi connectivity index (χ4v) is 7.24. The van der Waals surface area contributed by atoms with Crippen LogP contribution in [-0.4, -0.2) is 43.7 Å². The second-order valence-corrected chi connectivity index (χ2v) is 10.5. The quantitative estimate of drug-likeness (QED) is 0.678. The van der Waals surface area contributed by atoms with E-state index in [0.717, 1.165) is 37.4 Å². The molecule has 1 heterocycles. The van der Waals surface area contributed by atoms with Gasteiger partial charge in [-0.1, -0.05) is 30.3 Å². The van der Waals surface area contributed by atoms with Gasteiger partial charge in [0.15, 0.2) is 6.04 Å². The van der Waals surface area contributed by atoms with E-state index in [2.05, 4.69) is 42.6 Å². The van der Waals surface area contributed by atoms with E-state index >= 15 is 0 Å². The van der Waals surface area contributed by atoms with Crippen LogP contribution in [-0.2, 0) is 11.3 Å². The first-order valence-electron chi connectivity index (χ1n) is 11.6. The zero-order valence-corrected chi connectivity index (χ0v) is 17.4. The van der Waals surface area contributed by atoms with Crippen LogP contribution in [0.4, 0.5) is 0 Å². The van der Waals surface area contributed by atoms with Crippen molar-refractivity contribution in [1.82, 2.24) is 5.32 Å². The SMILES string of the molecule is C[C@H](C(=O)NC12CC3CC(CC(C3)C1)C2)[NH+]1CC[NH+](Cc2ccccc2)CC1. The average molecular weight is 384 g/mol. The summed E-state index contributed by atoms with van der Waals surface area (Å²) in [6.07, 6.45) is 8.05. The summed E-state index contributed by atoms with van der Waals surface area (Å²) < 4.78 is 0. The number of rotatable bonds is 5. The highest BCUT2D eigenvalue weighted by Gasteiger charge is 2.52. The predicted octanol–water partition coefficient (Wildman–Crippen LogP) is 0.444. The third-order valence-electron chi connectivity index (χ3n) is 8.33. The molecule has 28 heavy (non-hydrogen) atoms. The highest BCUT2D eigenvalue weighted by atomic mass is 16.2. The Balaban J connectivity index is 1.14. The lowest BCUT2D eigenvalue weighted by molar-refractivity contribution is -1.02. The number of amides is 1. The molecule has 5 aliphatic rings. The van der Waals surface area contributed by atoms with Crippen molar-refractivity contribution in [2.24, 2.45) is 17.8 Å². The van der Waals surface area contributed by atoms with Crippen molar-refractivity contribution in [3.8, 4) is 0 Å². The van der Waals surface area contributed by atoms with Crippen LogP contribution in [0, 0.1) is 17.8 Å². The molecule has 4 bridgehead atoms. The highest BCUT2D eigenvalue weighted by Crippen LogP contribution is 2.55. The summed E-state index contributed by atoms with van der Waals surface area (Å²) in [5, 5.41) is 3.61. The van der Waals surface area contributed by atoms with Gasteiger partial charge in [-0.2, -0.15) is 0 Å². The van der Waals surface area contributed by atoms with Gasteiger partial charge in [-0.05, 0) is 63.2 Å². The zero-order chi connectivity index (χ0) is 19.1. The standard InChI is InChI=1S/C24H35N3O/c1-18(27-9-7-26(8-10-27)17-19-5-3-2-4-6-19)23(28)25-24-14-20-11-21(15-24)13-22(12-20)16-24/h2-6,18,20-22H,7-17H2,1H3,(H,25,28)/p+2/t18-,20?,21?,22?,24?/m1/s1. The highest BCUT2D eigenvalue weighted by molar-refractivity contribution is 5.80. The number of hydrogen-bond acceptors (Lipinski definition) is 1. The molecule has 1 amide bonds. The summed E-state index contributed by atoms with van der Waals surface area (Å²) in [6, 6.07) is 10.9. The van der Waals surface area contributed by atoms with Crippen LogP contribution in [0.3, 0.4) is 0 Å². The Morgan fingerprint density at radius 3 is 2.14 bits per heavy atom. The molecule has 4 saturated carbocycles. The lowest BCUT2D eigenvalue weighted by Crippen LogP contribution is -3.29. The van der Waals surface area contributed by atoms with Gasteiger partial charge in [0.25, 0.3) is 5.91 Å². The van der Waals surface area contributed by atoms with E-state index in [1.165, 1.54) is 62.1 Å². The molecule has 0 radical (unpaired) electrons. The van der Waals surface area contributed by atoms with Crippen molar-refractivity contribution in [2.75, 3.05) is 26.2 Å². The summed E-state index contributed by atoms with van der Waals surface area (Å²) in [5.74, 6) is 2.99. The van der Waals surface area contributed by atoms with Gasteiger partial charge in [-0.15, -0.1) is 0 Å². The van der Waals surface area contributed by atoms with Crippen LogP contribution < -0.4 is 15.1 Å². The zero-order valence-electron chi connectivity index (χ0n) is 17.4. The van der Waals surface area contributed by atoms with Gasteiger partial charge >= 0.3 is 0 Å². The molecule has 1 aliphatic heterocycles. The van der Waals surface area contributed by atoms with Gasteiger partial charge in [-0.25, -0.2) is 0 Å². The topological polar surface area (TPSA) is 38.0 Å². The van der Waals surface area contributed by atoms with E-state index in [1.807, 2.05) is 0 Å². The maximum Gasteiger partial charge on any atom is 0.278 e. The van der Waals surface area contributed by atoms with Crippen LogP contribution in [0.1, 0.15) is 51.0 Å². The minimum absolute atomic E-state index is 0.0891. The molecule has 4 nitrogen and oxygen atoms in total. The minimum Gasteiger partial charge on any atom is -0.345 e. The fourth-order valence-electron chi connectivity index (χ4n) is 7.24. The molecule has 0 aromatic heterocycles. The van der Waals surface area contributed by atoms with Gasteiger partial charge in [-0.3, -0.25) is 4.79 Å². The minimum atomic E-state index is 0.0891. The second-order valence-electron chi connectivity index (χ2n) is 10.5. The summed E-state index contributed by atoms with van der Waals surface area (Å²) in [5.41, 5.74) is 1.58. The van der Waals surface area contributed by atoms with E-state index in [1.54, 1.807) is 4.90 Å². The van der Waals surface area contributed by atoms with E-state index in [9.17, 15) is 4.79 Å². The first-order valence-corrected chi connectivity index (χ1v) is 11.6. The third-order valence-corrected chi connectivity index (χ3v) is 8.33. The number of quaternary nitrogens is 2. The van der Waals surface area contributed by atoms with Crippen LogP contribution >= 0.6 is 0 Å². The van der Waals surface area contributed by atoms with Gasteiger partial charge in [0.2, 0.25) is 0 Å². The Morgan fingerprint density at radius 1 is 1.00 bits per heavy atom. The molecule has 1 aromatic rings. The van der Waals surface area contributed by atoms with E-state index in [0.29, 0.717) is 5.91 Å². The van der Waals surface area contributed by atoms with Crippen molar-refractivity contribution in [3.05, 3.63) is 35.9 Å². The summed E-state index contributed by atoms with van der Waals surface area (Å²) in [4.78, 5) is 16.3. The van der Waals surface area contributed by atoms with Gasteiger partial charge in [0.05, 0.1) is 0 Å². The molecule has 1 atom stereocenters. The monoisotopic (exact) mass is 383 g/mol. The van der Waals surface area contributed by atoms with Gasteiger partial charge < -0.3 is 15.1 Å². The number of carbonyl (C=O) groups excluding carboxylic acids is 1. The molecule has 6 rings (SSSR count). The Kier molecular flexibility index (Phi) is 4.96. The van der Waals surface area contributed by atoms with Crippen molar-refractivity contribution >= 4 is 5.91 Å². The summed E-state index contributed by atoms with van der Waals surface area (Å²) in [7, 11) is 0. The first kappa shape index (κ1) is 18.6. The lowest BCUT2D eigenvalue weighted by Gasteiger charge is -2.57. The Morgan fingerprint density at radius 2 is 1.57 bits per heavy atom. The third kappa shape index (κ3) is 3.73. The van der Waals surface area contributed by atoms with Gasteiger partial charge in [0.1, 0.15) is 32.7 Å². The van der Waals surface area contributed by atoms with E-state index < -0.39 is 0 Å². The molecule has 1 saturated heterocycles. The molecule has 1 aromatic carbocycles. The Labute approximate surface area is 169 Å². The summed E-state index contributed by atoms with van der Waals surface area (Å²) in [6.45, 7) is 7.82. The number of piperazine rings is 1.